The highest BCUT2D eigenvalue weighted by Crippen LogP contribution is 2.29. The van der Waals surface area contributed by atoms with Gasteiger partial charge in [-0.3, -0.25) is 0 Å². The van der Waals surface area contributed by atoms with Crippen LogP contribution in [0.1, 0.15) is 35.6 Å². The van der Waals surface area contributed by atoms with Crippen LogP contribution >= 0.6 is 12.4 Å². The third-order valence-corrected chi connectivity index (χ3v) is 3.98. The molecule has 1 aliphatic rings. The zero-order valence-electron chi connectivity index (χ0n) is 14.0. The molecule has 0 saturated carbocycles. The molecule has 3 rings (SSSR count). The molecule has 1 aliphatic heterocycles. The molecule has 1 fully saturated rings. The van der Waals surface area contributed by atoms with E-state index in [1.54, 1.807) is 12.2 Å². The van der Waals surface area contributed by atoms with Crippen molar-refractivity contribution in [2.75, 3.05) is 13.1 Å². The van der Waals surface area contributed by atoms with Crippen LogP contribution in [0.4, 0.5) is 13.2 Å². The molecule has 0 atom stereocenters. The van der Waals surface area contributed by atoms with Crippen LogP contribution in [-0.4, -0.2) is 24.2 Å². The zero-order chi connectivity index (χ0) is 17.7. The van der Waals surface area contributed by atoms with E-state index in [1.807, 2.05) is 0 Å². The van der Waals surface area contributed by atoms with E-state index in [4.69, 9.17) is 9.15 Å². The average molecular weight is 389 g/mol. The maximum absolute atomic E-state index is 12.5. The summed E-state index contributed by atoms with van der Waals surface area (Å²) in [5.41, 5.74) is 0.669. The van der Waals surface area contributed by atoms with E-state index in [-0.39, 0.29) is 18.5 Å². The SMILES string of the molecule is Cl.FC(F)(F)c1ccc(/C=C/c2nc(COC3CCNCC3)co2)cc1. The first-order chi connectivity index (χ1) is 12.0. The number of alkyl halides is 3. The van der Waals surface area contributed by atoms with E-state index in [0.29, 0.717) is 23.8 Å². The Balaban J connectivity index is 0.00000243. The second-order valence-electron chi connectivity index (χ2n) is 5.89. The molecule has 142 valence electrons. The van der Waals surface area contributed by atoms with Crippen LogP contribution in [0.25, 0.3) is 12.2 Å². The molecular formula is C18H20ClF3N2O2. The molecule has 2 aromatic rings. The fourth-order valence-electron chi connectivity index (χ4n) is 2.58. The summed E-state index contributed by atoms with van der Waals surface area (Å²) in [7, 11) is 0. The lowest BCUT2D eigenvalue weighted by atomic mass is 10.1. The Morgan fingerprint density at radius 1 is 1.15 bits per heavy atom. The molecule has 0 spiro atoms. The molecule has 26 heavy (non-hydrogen) atoms. The molecule has 1 saturated heterocycles. The molecule has 8 heteroatoms. The summed E-state index contributed by atoms with van der Waals surface area (Å²) in [5, 5.41) is 3.28. The molecule has 0 amide bonds. The van der Waals surface area contributed by atoms with Gasteiger partial charge in [-0.25, -0.2) is 4.98 Å². The van der Waals surface area contributed by atoms with Gasteiger partial charge in [-0.15, -0.1) is 12.4 Å². The molecule has 1 aromatic heterocycles. The maximum Gasteiger partial charge on any atom is 0.416 e. The third kappa shape index (κ3) is 5.86. The summed E-state index contributed by atoms with van der Waals surface area (Å²) in [4.78, 5) is 4.29. The average Bonchev–Trinajstić information content (AvgIpc) is 3.07. The fraction of sp³-hybridized carbons (Fsp3) is 0.389. The van der Waals surface area contributed by atoms with Crippen LogP contribution in [0.2, 0.25) is 0 Å². The van der Waals surface area contributed by atoms with Gasteiger partial charge < -0.3 is 14.5 Å². The number of aromatic nitrogens is 1. The van der Waals surface area contributed by atoms with Gasteiger partial charge in [-0.1, -0.05) is 12.1 Å². The quantitative estimate of drug-likeness (QED) is 0.816. The lowest BCUT2D eigenvalue weighted by molar-refractivity contribution is -0.137. The Kier molecular flexibility index (Phi) is 7.25. The summed E-state index contributed by atoms with van der Waals surface area (Å²) >= 11 is 0. The number of ether oxygens (including phenoxy) is 1. The zero-order valence-corrected chi connectivity index (χ0v) is 14.8. The third-order valence-electron chi connectivity index (χ3n) is 3.98. The van der Waals surface area contributed by atoms with E-state index in [1.165, 1.54) is 18.4 Å². The number of halogens is 4. The first kappa shape index (κ1) is 20.5. The molecule has 1 N–H and O–H groups in total. The lowest BCUT2D eigenvalue weighted by Crippen LogP contribution is -2.32. The summed E-state index contributed by atoms with van der Waals surface area (Å²) in [5.74, 6) is 0.392. The summed E-state index contributed by atoms with van der Waals surface area (Å²) in [6.45, 7) is 2.32. The Morgan fingerprint density at radius 2 is 1.85 bits per heavy atom. The minimum absolute atomic E-state index is 0. The summed E-state index contributed by atoms with van der Waals surface area (Å²) in [6, 6.07) is 4.91. The van der Waals surface area contributed by atoms with Gasteiger partial charge in [0.15, 0.2) is 0 Å². The normalized spacial score (nSPS) is 16.0. The predicted octanol–water partition coefficient (Wildman–Crippen LogP) is 4.55. The molecule has 0 aliphatic carbocycles. The monoisotopic (exact) mass is 388 g/mol. The highest BCUT2D eigenvalue weighted by atomic mass is 35.5. The molecule has 4 nitrogen and oxygen atoms in total. The molecule has 0 bridgehead atoms. The van der Waals surface area contributed by atoms with Gasteiger partial charge in [-0.2, -0.15) is 13.2 Å². The number of oxazole rings is 1. The van der Waals surface area contributed by atoms with Crippen molar-refractivity contribution in [3.05, 3.63) is 53.2 Å². The molecule has 0 radical (unpaired) electrons. The van der Waals surface area contributed by atoms with Crippen LogP contribution in [0.3, 0.4) is 0 Å². The minimum atomic E-state index is -4.33. The number of nitrogens with zero attached hydrogens (tertiary/aromatic N) is 1. The van der Waals surface area contributed by atoms with Gasteiger partial charge in [0.05, 0.1) is 18.3 Å². The number of nitrogens with one attached hydrogen (secondary N) is 1. The van der Waals surface area contributed by atoms with Crippen molar-refractivity contribution in [1.29, 1.82) is 0 Å². The van der Waals surface area contributed by atoms with Crippen LogP contribution in [0.15, 0.2) is 34.9 Å². The standard InChI is InChI=1S/C18H19F3N2O2.ClH/c19-18(20,21)14-4-1-13(2-5-14)3-6-17-23-15(12-25-17)11-24-16-7-9-22-10-8-16;/h1-6,12,16,22H,7-11H2;1H/b6-3+;. The Labute approximate surface area is 155 Å². The fourth-order valence-corrected chi connectivity index (χ4v) is 2.58. The first-order valence-corrected chi connectivity index (χ1v) is 8.13. The molecule has 0 unspecified atom stereocenters. The van der Waals surface area contributed by atoms with Crippen molar-refractivity contribution < 1.29 is 22.3 Å². The minimum Gasteiger partial charge on any atom is -0.445 e. The summed E-state index contributed by atoms with van der Waals surface area (Å²) < 4.78 is 48.7. The van der Waals surface area contributed by atoms with Crippen LogP contribution in [0.5, 0.6) is 0 Å². The highest BCUT2D eigenvalue weighted by Gasteiger charge is 2.29. The summed E-state index contributed by atoms with van der Waals surface area (Å²) in [6.07, 6.45) is 2.70. The second kappa shape index (κ2) is 9.21. The number of benzene rings is 1. The van der Waals surface area contributed by atoms with Gasteiger partial charge in [0, 0.05) is 6.08 Å². The van der Waals surface area contributed by atoms with Gasteiger partial charge >= 0.3 is 6.18 Å². The van der Waals surface area contributed by atoms with E-state index >= 15 is 0 Å². The van der Waals surface area contributed by atoms with E-state index in [9.17, 15) is 13.2 Å². The van der Waals surface area contributed by atoms with Crippen molar-refractivity contribution in [2.45, 2.75) is 31.7 Å². The van der Waals surface area contributed by atoms with Crippen molar-refractivity contribution >= 4 is 24.6 Å². The van der Waals surface area contributed by atoms with Crippen LogP contribution in [-0.2, 0) is 17.5 Å². The van der Waals surface area contributed by atoms with Crippen LogP contribution < -0.4 is 5.32 Å². The number of piperidine rings is 1. The van der Waals surface area contributed by atoms with Gasteiger partial charge in [-0.05, 0) is 49.7 Å². The lowest BCUT2D eigenvalue weighted by Gasteiger charge is -2.22. The van der Waals surface area contributed by atoms with Crippen molar-refractivity contribution in [2.24, 2.45) is 0 Å². The Bertz CT molecular complexity index is 708. The van der Waals surface area contributed by atoms with Crippen molar-refractivity contribution in [1.82, 2.24) is 10.3 Å². The molecular weight excluding hydrogens is 369 g/mol. The number of hydrogen-bond acceptors (Lipinski definition) is 4. The Hall–Kier alpha value is -1.83. The molecule has 1 aromatic carbocycles. The van der Waals surface area contributed by atoms with Crippen LogP contribution in [0, 0.1) is 0 Å². The Morgan fingerprint density at radius 3 is 2.50 bits per heavy atom. The first-order valence-electron chi connectivity index (χ1n) is 8.13. The predicted molar refractivity (Wildman–Crippen MR) is 94.8 cm³/mol. The smallest absolute Gasteiger partial charge is 0.416 e. The topological polar surface area (TPSA) is 47.3 Å². The van der Waals surface area contributed by atoms with E-state index in [2.05, 4.69) is 10.3 Å². The van der Waals surface area contributed by atoms with Crippen molar-refractivity contribution in [3.63, 3.8) is 0 Å². The highest BCUT2D eigenvalue weighted by molar-refractivity contribution is 5.85. The van der Waals surface area contributed by atoms with Gasteiger partial charge in [0.1, 0.15) is 12.0 Å². The number of hydrogen-bond donors (Lipinski definition) is 1. The number of rotatable bonds is 5. The van der Waals surface area contributed by atoms with Crippen molar-refractivity contribution in [3.8, 4) is 0 Å². The maximum atomic E-state index is 12.5. The van der Waals surface area contributed by atoms with E-state index in [0.717, 1.165) is 38.1 Å². The van der Waals surface area contributed by atoms with Gasteiger partial charge in [0.2, 0.25) is 5.89 Å². The second-order valence-corrected chi connectivity index (χ2v) is 5.89. The molecule has 2 heterocycles. The van der Waals surface area contributed by atoms with Gasteiger partial charge in [0.25, 0.3) is 0 Å². The largest absolute Gasteiger partial charge is 0.445 e. The van der Waals surface area contributed by atoms with E-state index < -0.39 is 11.7 Å².